The Morgan fingerprint density at radius 2 is 2.00 bits per heavy atom. The number of nitro benzene ring substituents is 1. The molecule has 0 radical (unpaired) electrons. The molecule has 11 nitrogen and oxygen atoms in total. The maximum absolute atomic E-state index is 12.3. The number of hydrogen-bond acceptors (Lipinski definition) is 7. The van der Waals surface area contributed by atoms with Gasteiger partial charge >= 0.3 is 5.76 Å². The lowest BCUT2D eigenvalue weighted by molar-refractivity contribution is -0.384. The number of nitrogens with one attached hydrogen (secondary N) is 1. The number of aryl methyl sites for hydroxylation is 1. The maximum Gasteiger partial charge on any atom is 0.419 e. The van der Waals surface area contributed by atoms with E-state index in [0.717, 1.165) is 11.1 Å². The van der Waals surface area contributed by atoms with Crippen molar-refractivity contribution >= 4 is 22.7 Å². The highest BCUT2D eigenvalue weighted by Crippen LogP contribution is 2.20. The standard InChI is InChI=1S/C21H20N6O5/c28-20(23-11-15-4-1-2-5-16(15)12-25-14-22-13-24-25)6-3-9-26-18-8-7-17(27(30)31)10-19(18)32-21(26)29/h1-2,4-5,7-8,10,13-14H,3,6,9,11-12H2,(H,23,28). The first kappa shape index (κ1) is 21.0. The van der Waals surface area contributed by atoms with Gasteiger partial charge in [0.2, 0.25) is 5.91 Å². The number of fused-ring (bicyclic) bond motifs is 1. The predicted octanol–water partition coefficient (Wildman–Crippen LogP) is 2.24. The Morgan fingerprint density at radius 1 is 1.19 bits per heavy atom. The van der Waals surface area contributed by atoms with Crippen LogP contribution in [0, 0.1) is 10.1 Å². The van der Waals surface area contributed by atoms with Gasteiger partial charge in [0.1, 0.15) is 12.7 Å². The van der Waals surface area contributed by atoms with Crippen LogP contribution in [0.15, 0.2) is 64.3 Å². The minimum absolute atomic E-state index is 0.142. The van der Waals surface area contributed by atoms with Crippen molar-refractivity contribution in [2.24, 2.45) is 0 Å². The Balaban J connectivity index is 1.32. The van der Waals surface area contributed by atoms with Crippen molar-refractivity contribution in [3.05, 3.63) is 86.9 Å². The van der Waals surface area contributed by atoms with Crippen molar-refractivity contribution in [3.63, 3.8) is 0 Å². The lowest BCUT2D eigenvalue weighted by atomic mass is 10.1. The average Bonchev–Trinajstić information content (AvgIpc) is 3.40. The molecule has 0 aliphatic heterocycles. The smallest absolute Gasteiger partial charge is 0.407 e. The summed E-state index contributed by atoms with van der Waals surface area (Å²) in [5.74, 6) is -0.750. The van der Waals surface area contributed by atoms with Crippen molar-refractivity contribution in [1.29, 1.82) is 0 Å². The number of amides is 1. The molecule has 2 aromatic heterocycles. The second-order valence-electron chi connectivity index (χ2n) is 7.17. The van der Waals surface area contributed by atoms with Crippen molar-refractivity contribution in [3.8, 4) is 0 Å². The van der Waals surface area contributed by atoms with E-state index in [9.17, 15) is 19.7 Å². The summed E-state index contributed by atoms with van der Waals surface area (Å²) < 4.78 is 8.19. The van der Waals surface area contributed by atoms with Gasteiger partial charge in [-0.3, -0.25) is 19.5 Å². The van der Waals surface area contributed by atoms with Crippen LogP contribution in [0.3, 0.4) is 0 Å². The summed E-state index contributed by atoms with van der Waals surface area (Å²) >= 11 is 0. The van der Waals surface area contributed by atoms with E-state index >= 15 is 0 Å². The molecular formula is C21H20N6O5. The lowest BCUT2D eigenvalue weighted by Crippen LogP contribution is -2.24. The summed E-state index contributed by atoms with van der Waals surface area (Å²) in [6.45, 7) is 1.20. The van der Waals surface area contributed by atoms with E-state index in [0.29, 0.717) is 25.0 Å². The number of carbonyl (C=O) groups excluding carboxylic acids is 1. The minimum Gasteiger partial charge on any atom is -0.407 e. The summed E-state index contributed by atoms with van der Waals surface area (Å²) in [6.07, 6.45) is 3.74. The number of oxazole rings is 1. The highest BCUT2D eigenvalue weighted by molar-refractivity contribution is 5.76. The second-order valence-corrected chi connectivity index (χ2v) is 7.17. The van der Waals surface area contributed by atoms with E-state index in [2.05, 4.69) is 15.4 Å². The zero-order chi connectivity index (χ0) is 22.5. The van der Waals surface area contributed by atoms with Crippen LogP contribution in [-0.4, -0.2) is 30.2 Å². The van der Waals surface area contributed by atoms with Gasteiger partial charge in [-0.15, -0.1) is 0 Å². The van der Waals surface area contributed by atoms with E-state index in [-0.39, 0.29) is 30.1 Å². The second kappa shape index (κ2) is 9.25. The molecule has 0 atom stereocenters. The first-order valence-electron chi connectivity index (χ1n) is 9.95. The number of non-ortho nitro benzene ring substituents is 1. The minimum atomic E-state index is -0.608. The molecule has 0 saturated carbocycles. The summed E-state index contributed by atoms with van der Waals surface area (Å²) in [6, 6.07) is 11.8. The van der Waals surface area contributed by atoms with Gasteiger partial charge in [0.15, 0.2) is 5.58 Å². The molecule has 0 unspecified atom stereocenters. The Labute approximate surface area is 181 Å². The topological polar surface area (TPSA) is 138 Å². The average molecular weight is 436 g/mol. The molecule has 4 aromatic rings. The predicted molar refractivity (Wildman–Crippen MR) is 114 cm³/mol. The molecule has 0 saturated heterocycles. The molecule has 1 amide bonds. The van der Waals surface area contributed by atoms with Gasteiger partial charge in [0, 0.05) is 25.6 Å². The molecule has 4 rings (SSSR count). The van der Waals surface area contributed by atoms with Gasteiger partial charge in [0.05, 0.1) is 23.1 Å². The summed E-state index contributed by atoms with van der Waals surface area (Å²) in [5.41, 5.74) is 2.47. The monoisotopic (exact) mass is 436 g/mol. The fourth-order valence-corrected chi connectivity index (χ4v) is 3.43. The number of aromatic nitrogens is 4. The van der Waals surface area contributed by atoms with Crippen LogP contribution in [0.5, 0.6) is 0 Å². The number of nitrogens with zero attached hydrogens (tertiary/aromatic N) is 5. The number of benzene rings is 2. The molecule has 32 heavy (non-hydrogen) atoms. The molecular weight excluding hydrogens is 416 g/mol. The van der Waals surface area contributed by atoms with E-state index in [1.807, 2.05) is 24.3 Å². The number of hydrogen-bond donors (Lipinski definition) is 1. The van der Waals surface area contributed by atoms with Crippen LogP contribution in [0.1, 0.15) is 24.0 Å². The van der Waals surface area contributed by atoms with Crippen LogP contribution >= 0.6 is 0 Å². The molecule has 0 spiro atoms. The van der Waals surface area contributed by atoms with Gasteiger partial charge in [0.25, 0.3) is 5.69 Å². The number of nitro groups is 1. The Morgan fingerprint density at radius 3 is 2.75 bits per heavy atom. The van der Waals surface area contributed by atoms with Crippen LogP contribution in [0.25, 0.3) is 11.1 Å². The first-order valence-corrected chi connectivity index (χ1v) is 9.95. The Hall–Kier alpha value is -4.28. The van der Waals surface area contributed by atoms with Crippen LogP contribution in [0.4, 0.5) is 5.69 Å². The summed E-state index contributed by atoms with van der Waals surface area (Å²) in [4.78, 5) is 38.7. The number of rotatable bonds is 9. The fraction of sp³-hybridized carbons (Fsp3) is 0.238. The van der Waals surface area contributed by atoms with Gasteiger partial charge < -0.3 is 9.73 Å². The van der Waals surface area contributed by atoms with Crippen molar-refractivity contribution in [2.75, 3.05) is 0 Å². The number of carbonyl (C=O) groups is 1. The van der Waals surface area contributed by atoms with Crippen molar-refractivity contribution < 1.29 is 14.1 Å². The Kier molecular flexibility index (Phi) is 6.06. The van der Waals surface area contributed by atoms with E-state index in [1.165, 1.54) is 29.1 Å². The Bertz CT molecular complexity index is 1310. The van der Waals surface area contributed by atoms with Gasteiger partial charge in [-0.05, 0) is 23.6 Å². The highest BCUT2D eigenvalue weighted by atomic mass is 16.6. The van der Waals surface area contributed by atoms with Crippen LogP contribution in [-0.2, 0) is 24.4 Å². The maximum atomic E-state index is 12.3. The third-order valence-corrected chi connectivity index (χ3v) is 5.04. The third kappa shape index (κ3) is 4.72. The fourth-order valence-electron chi connectivity index (χ4n) is 3.43. The van der Waals surface area contributed by atoms with Crippen LogP contribution < -0.4 is 11.1 Å². The zero-order valence-corrected chi connectivity index (χ0v) is 17.0. The molecule has 2 aromatic carbocycles. The molecule has 164 valence electrons. The van der Waals surface area contributed by atoms with E-state index < -0.39 is 10.7 Å². The molecule has 0 bridgehead atoms. The third-order valence-electron chi connectivity index (χ3n) is 5.04. The quantitative estimate of drug-likeness (QED) is 0.314. The van der Waals surface area contributed by atoms with Gasteiger partial charge in [-0.2, -0.15) is 5.10 Å². The zero-order valence-electron chi connectivity index (χ0n) is 17.0. The molecule has 1 N–H and O–H groups in total. The normalized spacial score (nSPS) is 11.0. The first-order chi connectivity index (χ1) is 15.5. The SMILES string of the molecule is O=C(CCCn1c(=O)oc2cc([N+](=O)[O-])ccc21)NCc1ccccc1Cn1cncn1. The molecule has 0 aliphatic carbocycles. The van der Waals surface area contributed by atoms with Crippen molar-refractivity contribution in [1.82, 2.24) is 24.6 Å². The largest absolute Gasteiger partial charge is 0.419 e. The van der Waals surface area contributed by atoms with E-state index in [4.69, 9.17) is 4.42 Å². The van der Waals surface area contributed by atoms with Gasteiger partial charge in [-0.25, -0.2) is 14.5 Å². The van der Waals surface area contributed by atoms with Gasteiger partial charge in [-0.1, -0.05) is 24.3 Å². The molecule has 11 heteroatoms. The van der Waals surface area contributed by atoms with Crippen molar-refractivity contribution in [2.45, 2.75) is 32.5 Å². The summed E-state index contributed by atoms with van der Waals surface area (Å²) in [5, 5.41) is 17.9. The van der Waals surface area contributed by atoms with Crippen LogP contribution in [0.2, 0.25) is 0 Å². The highest BCUT2D eigenvalue weighted by Gasteiger charge is 2.14. The van der Waals surface area contributed by atoms with E-state index in [1.54, 1.807) is 11.0 Å². The summed E-state index contributed by atoms with van der Waals surface area (Å²) in [7, 11) is 0. The molecule has 0 fully saturated rings. The molecule has 2 heterocycles. The molecule has 0 aliphatic rings. The lowest BCUT2D eigenvalue weighted by Gasteiger charge is -2.11.